The zero-order valence-corrected chi connectivity index (χ0v) is 29.9. The second-order valence-electron chi connectivity index (χ2n) is 14.4. The molecule has 9 aromatic carbocycles. The molecule has 2 nitrogen and oxygen atoms in total. The maximum Gasteiger partial charge on any atom is 0.143 e. The van der Waals surface area contributed by atoms with Crippen molar-refractivity contribution >= 4 is 32.7 Å². The lowest BCUT2D eigenvalue weighted by Crippen LogP contribution is -2.34. The van der Waals surface area contributed by atoms with Gasteiger partial charge in [0.2, 0.25) is 0 Å². The van der Waals surface area contributed by atoms with Gasteiger partial charge in [0.15, 0.2) is 0 Å². The second kappa shape index (κ2) is 12.5. The third kappa shape index (κ3) is 4.89. The van der Waals surface area contributed by atoms with Crippen LogP contribution >= 0.6 is 0 Å². The summed E-state index contributed by atoms with van der Waals surface area (Å²) in [5, 5.41) is 4.63. The number of hydrogen-bond donors (Lipinski definition) is 0. The van der Waals surface area contributed by atoms with Crippen molar-refractivity contribution in [2.75, 3.05) is 0 Å². The molecule has 0 N–H and O–H groups in total. The monoisotopic (exact) mass is 702 g/mol. The number of benzene rings is 9. The van der Waals surface area contributed by atoms with E-state index in [1.807, 2.05) is 0 Å². The predicted molar refractivity (Wildman–Crippen MR) is 226 cm³/mol. The molecule has 0 radical (unpaired) electrons. The summed E-state index contributed by atoms with van der Waals surface area (Å²) in [6.45, 7) is 0. The number of rotatable bonds is 5. The van der Waals surface area contributed by atoms with E-state index >= 15 is 0 Å². The summed E-state index contributed by atoms with van der Waals surface area (Å²) in [5.74, 6) is 1.75. The average Bonchev–Trinajstić information content (AvgIpc) is 3.66. The summed E-state index contributed by atoms with van der Waals surface area (Å²) in [6, 6.07) is 73.7. The zero-order valence-electron chi connectivity index (χ0n) is 29.9. The predicted octanol–water partition coefficient (Wildman–Crippen LogP) is 14.2. The molecule has 0 bridgehead atoms. The molecule has 10 aromatic rings. The molecule has 1 aromatic heterocycles. The van der Waals surface area contributed by atoms with Crippen LogP contribution in [0.25, 0.3) is 66.1 Å². The van der Waals surface area contributed by atoms with E-state index < -0.39 is 5.41 Å². The molecule has 11 rings (SSSR count). The largest absolute Gasteiger partial charge is 0.457 e. The van der Waals surface area contributed by atoms with Gasteiger partial charge >= 0.3 is 0 Å². The molecule has 0 aliphatic carbocycles. The van der Waals surface area contributed by atoms with E-state index in [2.05, 4.69) is 206 Å². The number of fused-ring (bicyclic) bond motifs is 7. The molecule has 0 saturated carbocycles. The molecule has 0 unspecified atom stereocenters. The van der Waals surface area contributed by atoms with Crippen molar-refractivity contribution in [3.63, 3.8) is 0 Å². The van der Waals surface area contributed by atoms with Gasteiger partial charge in [0.05, 0.1) is 5.41 Å². The minimum absolute atomic E-state index is 0.522. The summed E-state index contributed by atoms with van der Waals surface area (Å²) >= 11 is 0. The van der Waals surface area contributed by atoms with Crippen molar-refractivity contribution in [2.45, 2.75) is 5.41 Å². The van der Waals surface area contributed by atoms with Crippen LogP contribution in [0.15, 0.2) is 211 Å². The van der Waals surface area contributed by atoms with Crippen LogP contribution in [0.3, 0.4) is 0 Å². The van der Waals surface area contributed by atoms with Crippen molar-refractivity contribution in [1.82, 2.24) is 0 Å². The van der Waals surface area contributed by atoms with E-state index in [0.29, 0.717) is 0 Å². The topological polar surface area (TPSA) is 22.4 Å². The number of furan rings is 1. The highest BCUT2D eigenvalue weighted by Gasteiger charge is 2.45. The minimum atomic E-state index is -0.522. The summed E-state index contributed by atoms with van der Waals surface area (Å²) < 4.78 is 13.2. The Bertz CT molecular complexity index is 2990. The van der Waals surface area contributed by atoms with Crippen molar-refractivity contribution in [2.24, 2.45) is 0 Å². The second-order valence-corrected chi connectivity index (χ2v) is 14.4. The minimum Gasteiger partial charge on any atom is -0.457 e. The maximum absolute atomic E-state index is 6.74. The Hall–Kier alpha value is -7.16. The van der Waals surface area contributed by atoms with Crippen LogP contribution in [0.5, 0.6) is 11.5 Å². The van der Waals surface area contributed by atoms with Gasteiger partial charge in [0, 0.05) is 27.3 Å². The molecule has 258 valence electrons. The van der Waals surface area contributed by atoms with E-state index in [0.717, 1.165) is 61.1 Å². The normalized spacial score (nSPS) is 13.0. The molecule has 0 fully saturated rings. The van der Waals surface area contributed by atoms with Crippen molar-refractivity contribution in [3.05, 3.63) is 229 Å². The van der Waals surface area contributed by atoms with Crippen molar-refractivity contribution in [1.29, 1.82) is 0 Å². The molecular weight excluding hydrogens is 669 g/mol. The Labute approximate surface area is 319 Å². The van der Waals surface area contributed by atoms with Gasteiger partial charge < -0.3 is 9.15 Å². The van der Waals surface area contributed by atoms with Crippen LogP contribution in [-0.4, -0.2) is 0 Å². The quantitative estimate of drug-likeness (QED) is 0.178. The molecule has 0 spiro atoms. The molecule has 0 atom stereocenters. The van der Waals surface area contributed by atoms with Crippen molar-refractivity contribution < 1.29 is 9.15 Å². The highest BCUT2D eigenvalue weighted by Crippen LogP contribution is 2.55. The van der Waals surface area contributed by atoms with E-state index in [1.165, 1.54) is 38.8 Å². The molecule has 55 heavy (non-hydrogen) atoms. The fourth-order valence-electron chi connectivity index (χ4n) is 8.88. The first-order chi connectivity index (χ1) is 27.3. The maximum atomic E-state index is 6.74. The molecular formula is C53H34O2. The summed E-state index contributed by atoms with van der Waals surface area (Å²) in [7, 11) is 0. The summed E-state index contributed by atoms with van der Waals surface area (Å²) in [6.07, 6.45) is 0. The number of ether oxygens (including phenoxy) is 1. The summed E-state index contributed by atoms with van der Waals surface area (Å²) in [5.41, 5.74) is 13.0. The van der Waals surface area contributed by atoms with Crippen LogP contribution in [-0.2, 0) is 5.41 Å². The Morgan fingerprint density at radius 3 is 1.67 bits per heavy atom. The number of para-hydroxylation sites is 1. The SMILES string of the molecule is c1ccc(C2(c3ccccc3)c3ccccc3Oc3cc(-c4ccc(-c5ccc(-c6cccc7oc8c9ccccc9ccc8c67)cc5)cc4)ccc32)cc1. The molecule has 0 amide bonds. The molecule has 2 heteroatoms. The van der Waals surface area contributed by atoms with Crippen LogP contribution in [0.2, 0.25) is 0 Å². The zero-order chi connectivity index (χ0) is 36.3. The Morgan fingerprint density at radius 2 is 0.945 bits per heavy atom. The Kier molecular flexibility index (Phi) is 7.11. The van der Waals surface area contributed by atoms with Crippen LogP contribution < -0.4 is 4.74 Å². The number of hydrogen-bond acceptors (Lipinski definition) is 2. The van der Waals surface area contributed by atoms with E-state index in [9.17, 15) is 0 Å². The lowest BCUT2D eigenvalue weighted by molar-refractivity contribution is 0.435. The van der Waals surface area contributed by atoms with Crippen LogP contribution in [0.4, 0.5) is 0 Å². The van der Waals surface area contributed by atoms with E-state index in [-0.39, 0.29) is 0 Å². The van der Waals surface area contributed by atoms with Crippen molar-refractivity contribution in [3.8, 4) is 44.9 Å². The molecule has 1 aliphatic rings. The Balaban J connectivity index is 0.944. The van der Waals surface area contributed by atoms with Gasteiger partial charge in [0.1, 0.15) is 22.7 Å². The standard InChI is InChI=1S/C53H34O2/c1-3-13-41(14-4-1)53(42-15-5-2-6-16-42)46-19-9-10-20-48(46)54-50-34-40(31-33-47(50)53)37-24-22-35(23-25-37)36-26-28-39(29-27-36)43-18-11-21-49-51(43)45-32-30-38-12-7-8-17-44(38)52(45)55-49/h1-34H. The van der Waals surface area contributed by atoms with Gasteiger partial charge in [0.25, 0.3) is 0 Å². The van der Waals surface area contributed by atoms with Gasteiger partial charge in [-0.3, -0.25) is 0 Å². The van der Waals surface area contributed by atoms with Crippen LogP contribution in [0, 0.1) is 0 Å². The van der Waals surface area contributed by atoms with Gasteiger partial charge in [-0.2, -0.15) is 0 Å². The fraction of sp³-hybridized carbons (Fsp3) is 0.0189. The van der Waals surface area contributed by atoms with Gasteiger partial charge in [-0.15, -0.1) is 0 Å². The third-order valence-electron chi connectivity index (χ3n) is 11.4. The Morgan fingerprint density at radius 1 is 0.364 bits per heavy atom. The lowest BCUT2D eigenvalue weighted by Gasteiger charge is -2.41. The van der Waals surface area contributed by atoms with Crippen LogP contribution in [0.1, 0.15) is 22.3 Å². The first-order valence-electron chi connectivity index (χ1n) is 18.8. The summed E-state index contributed by atoms with van der Waals surface area (Å²) in [4.78, 5) is 0. The molecule has 2 heterocycles. The van der Waals surface area contributed by atoms with Gasteiger partial charge in [-0.25, -0.2) is 0 Å². The molecule has 1 aliphatic heterocycles. The fourth-order valence-corrected chi connectivity index (χ4v) is 8.88. The molecule has 0 saturated heterocycles. The first-order valence-corrected chi connectivity index (χ1v) is 18.8. The highest BCUT2D eigenvalue weighted by atomic mass is 16.5. The first kappa shape index (κ1) is 31.4. The van der Waals surface area contributed by atoms with E-state index in [4.69, 9.17) is 9.15 Å². The smallest absolute Gasteiger partial charge is 0.143 e. The lowest BCUT2D eigenvalue weighted by atomic mass is 9.63. The van der Waals surface area contributed by atoms with E-state index in [1.54, 1.807) is 0 Å². The van der Waals surface area contributed by atoms with Gasteiger partial charge in [-0.1, -0.05) is 182 Å². The third-order valence-corrected chi connectivity index (χ3v) is 11.4. The average molecular weight is 703 g/mol. The van der Waals surface area contributed by atoms with Gasteiger partial charge in [-0.05, 0) is 74.2 Å². The highest BCUT2D eigenvalue weighted by molar-refractivity contribution is 6.19.